The van der Waals surface area contributed by atoms with Crippen molar-refractivity contribution in [3.8, 4) is 0 Å². The van der Waals surface area contributed by atoms with Gasteiger partial charge in [-0.2, -0.15) is 0 Å². The Labute approximate surface area is 128 Å². The Kier molecular flexibility index (Phi) is 5.00. The van der Waals surface area contributed by atoms with Crippen LogP contribution in [0.25, 0.3) is 0 Å². The molecular weight excluding hydrogens is 294 g/mol. The average molecular weight is 317 g/mol. The molecule has 0 aromatic carbocycles. The number of carboxylic acids is 1. The molecule has 2 fully saturated rings. The number of hydrogen-bond donors (Lipinski definition) is 2. The van der Waals surface area contributed by atoms with E-state index in [1.165, 1.54) is 16.7 Å². The van der Waals surface area contributed by atoms with Crippen molar-refractivity contribution < 1.29 is 19.8 Å². The number of nitrogens with zero attached hydrogens (tertiary/aromatic N) is 3. The molecule has 8 heteroatoms. The van der Waals surface area contributed by atoms with Crippen LogP contribution in [0.4, 0.5) is 4.79 Å². The molecule has 4 atom stereocenters. The van der Waals surface area contributed by atoms with E-state index in [4.69, 9.17) is 0 Å². The second-order valence-corrected chi connectivity index (χ2v) is 7.28. The highest BCUT2D eigenvalue weighted by atomic mass is 32.2. The third kappa shape index (κ3) is 3.44. The van der Waals surface area contributed by atoms with Gasteiger partial charge in [0.15, 0.2) is 0 Å². The molecule has 0 aromatic heterocycles. The number of thioether (sulfide) groups is 1. The lowest BCUT2D eigenvalue weighted by Gasteiger charge is -2.34. The van der Waals surface area contributed by atoms with Crippen LogP contribution >= 0.6 is 11.8 Å². The van der Waals surface area contributed by atoms with Crippen LogP contribution in [0.15, 0.2) is 0 Å². The summed E-state index contributed by atoms with van der Waals surface area (Å²) in [6.45, 7) is 2.78. The molecule has 0 radical (unpaired) electrons. The first-order chi connectivity index (χ1) is 9.81. The zero-order chi connectivity index (χ0) is 15.7. The second-order valence-electron chi connectivity index (χ2n) is 5.93. The molecule has 2 heterocycles. The van der Waals surface area contributed by atoms with E-state index in [0.717, 1.165) is 0 Å². The number of aliphatic hydroxyl groups is 1. The highest BCUT2D eigenvalue weighted by molar-refractivity contribution is 8.00. The van der Waals surface area contributed by atoms with Crippen LogP contribution in [-0.4, -0.2) is 93.4 Å². The van der Waals surface area contributed by atoms with Crippen LogP contribution < -0.4 is 0 Å². The quantitative estimate of drug-likeness (QED) is 0.759. The Morgan fingerprint density at radius 3 is 2.62 bits per heavy atom. The molecule has 2 N–H and O–H groups in total. The SMILES string of the molecule is CC1SCC(C(=O)O)N1C(=O)N1CC(O)CC1CN(C)C. The molecule has 2 rings (SSSR count). The van der Waals surface area contributed by atoms with Gasteiger partial charge in [0, 0.05) is 24.9 Å². The Balaban J connectivity index is 2.15. The van der Waals surface area contributed by atoms with Gasteiger partial charge in [-0.05, 0) is 27.4 Å². The van der Waals surface area contributed by atoms with E-state index in [1.807, 2.05) is 25.9 Å². The molecule has 0 spiro atoms. The summed E-state index contributed by atoms with van der Waals surface area (Å²) >= 11 is 1.47. The Morgan fingerprint density at radius 1 is 1.38 bits per heavy atom. The summed E-state index contributed by atoms with van der Waals surface area (Å²) in [5.41, 5.74) is 0. The topological polar surface area (TPSA) is 84.3 Å². The monoisotopic (exact) mass is 317 g/mol. The second kappa shape index (κ2) is 6.41. The first-order valence-electron chi connectivity index (χ1n) is 7.07. The molecule has 2 amide bonds. The number of aliphatic hydroxyl groups excluding tert-OH is 1. The van der Waals surface area contributed by atoms with E-state index < -0.39 is 18.1 Å². The number of carboxylic acid groups (broad SMARTS) is 1. The van der Waals surface area contributed by atoms with E-state index in [1.54, 1.807) is 4.90 Å². The van der Waals surface area contributed by atoms with Gasteiger partial charge in [0.1, 0.15) is 6.04 Å². The number of aliphatic carboxylic acids is 1. The van der Waals surface area contributed by atoms with Crippen LogP contribution in [0, 0.1) is 0 Å². The third-order valence-corrected chi connectivity index (χ3v) is 5.16. The number of likely N-dealkylation sites (tertiary alicyclic amines) is 1. The number of amides is 2. The maximum Gasteiger partial charge on any atom is 0.327 e. The minimum absolute atomic E-state index is 0.0743. The predicted octanol–water partition coefficient (Wildman–Crippen LogP) is -0.0488. The molecule has 0 bridgehead atoms. The van der Waals surface area contributed by atoms with Crippen molar-refractivity contribution in [1.82, 2.24) is 14.7 Å². The van der Waals surface area contributed by atoms with Crippen molar-refractivity contribution in [3.63, 3.8) is 0 Å². The van der Waals surface area contributed by atoms with Crippen molar-refractivity contribution >= 4 is 23.8 Å². The van der Waals surface area contributed by atoms with Gasteiger partial charge in [-0.1, -0.05) is 0 Å². The van der Waals surface area contributed by atoms with Gasteiger partial charge in [-0.3, -0.25) is 4.90 Å². The summed E-state index contributed by atoms with van der Waals surface area (Å²) in [5.74, 6) is -0.555. The molecule has 0 aliphatic carbocycles. The normalized spacial score (nSPS) is 33.0. The van der Waals surface area contributed by atoms with Gasteiger partial charge in [-0.25, -0.2) is 9.59 Å². The Bertz CT molecular complexity index is 420. The van der Waals surface area contributed by atoms with Crippen LogP contribution in [0.1, 0.15) is 13.3 Å². The number of carbonyl (C=O) groups excluding carboxylic acids is 1. The predicted molar refractivity (Wildman–Crippen MR) is 80.3 cm³/mol. The fourth-order valence-corrected chi connectivity index (χ4v) is 4.15. The van der Waals surface area contributed by atoms with Crippen LogP contribution in [0.3, 0.4) is 0 Å². The highest BCUT2D eigenvalue weighted by Gasteiger charge is 2.45. The average Bonchev–Trinajstić information content (AvgIpc) is 2.91. The van der Waals surface area contributed by atoms with E-state index in [9.17, 15) is 19.8 Å². The fraction of sp³-hybridized carbons (Fsp3) is 0.846. The van der Waals surface area contributed by atoms with Gasteiger partial charge in [0.25, 0.3) is 0 Å². The minimum atomic E-state index is -0.968. The Hall–Kier alpha value is -0.990. The number of urea groups is 1. The maximum absolute atomic E-state index is 12.8. The lowest BCUT2D eigenvalue weighted by atomic mass is 10.2. The van der Waals surface area contributed by atoms with Crippen molar-refractivity contribution in [2.24, 2.45) is 0 Å². The van der Waals surface area contributed by atoms with Gasteiger partial charge in [0.2, 0.25) is 0 Å². The molecule has 21 heavy (non-hydrogen) atoms. The van der Waals surface area contributed by atoms with E-state index in [-0.39, 0.29) is 24.0 Å². The van der Waals surface area contributed by atoms with Gasteiger partial charge in [-0.15, -0.1) is 11.8 Å². The van der Waals surface area contributed by atoms with Crippen LogP contribution in [0.5, 0.6) is 0 Å². The summed E-state index contributed by atoms with van der Waals surface area (Å²) in [6, 6.07) is -1.13. The highest BCUT2D eigenvalue weighted by Crippen LogP contribution is 2.32. The molecule has 0 aromatic rings. The van der Waals surface area contributed by atoms with Gasteiger partial charge in [0.05, 0.1) is 11.5 Å². The zero-order valence-corrected chi connectivity index (χ0v) is 13.4. The van der Waals surface area contributed by atoms with E-state index in [0.29, 0.717) is 18.7 Å². The number of likely N-dealkylation sites (N-methyl/N-ethyl adjacent to an activating group) is 1. The largest absolute Gasteiger partial charge is 0.480 e. The molecule has 4 unspecified atom stereocenters. The number of carbonyl (C=O) groups is 2. The van der Waals surface area contributed by atoms with Crippen molar-refractivity contribution in [2.45, 2.75) is 36.9 Å². The lowest BCUT2D eigenvalue weighted by Crippen LogP contribution is -2.53. The van der Waals surface area contributed by atoms with Gasteiger partial charge < -0.3 is 20.0 Å². The number of hydrogen-bond acceptors (Lipinski definition) is 5. The van der Waals surface area contributed by atoms with Crippen LogP contribution in [0.2, 0.25) is 0 Å². The van der Waals surface area contributed by atoms with Gasteiger partial charge >= 0.3 is 12.0 Å². The van der Waals surface area contributed by atoms with Crippen LogP contribution in [-0.2, 0) is 4.79 Å². The molecule has 0 saturated carbocycles. The van der Waals surface area contributed by atoms with E-state index >= 15 is 0 Å². The smallest absolute Gasteiger partial charge is 0.327 e. The number of β-amino-alcohol motifs (C(OH)–C–C–N with tert-alkyl or cyclic N) is 1. The summed E-state index contributed by atoms with van der Waals surface area (Å²) in [5, 5.41) is 19.0. The molecular formula is C13H23N3O4S. The van der Waals surface area contributed by atoms with Crippen molar-refractivity contribution in [1.29, 1.82) is 0 Å². The summed E-state index contributed by atoms with van der Waals surface area (Å²) in [4.78, 5) is 29.1. The zero-order valence-electron chi connectivity index (χ0n) is 12.6. The lowest BCUT2D eigenvalue weighted by molar-refractivity contribution is -0.141. The molecule has 2 aliphatic rings. The molecule has 2 saturated heterocycles. The summed E-state index contributed by atoms with van der Waals surface area (Å²) in [6.07, 6.45) is 0.00421. The third-order valence-electron chi connectivity index (χ3n) is 3.94. The Morgan fingerprint density at radius 2 is 2.05 bits per heavy atom. The first kappa shape index (κ1) is 16.4. The van der Waals surface area contributed by atoms with E-state index in [2.05, 4.69) is 0 Å². The maximum atomic E-state index is 12.8. The first-order valence-corrected chi connectivity index (χ1v) is 8.12. The van der Waals surface area contributed by atoms with Crippen molar-refractivity contribution in [3.05, 3.63) is 0 Å². The summed E-state index contributed by atoms with van der Waals surface area (Å²) in [7, 11) is 3.84. The minimum Gasteiger partial charge on any atom is -0.480 e. The standard InChI is InChI=1S/C13H23N3O4S/c1-8-16(11(7-21-8)12(18)19)13(20)15-6-10(17)4-9(15)5-14(2)3/h8-11,17H,4-7H2,1-3H3,(H,18,19). The molecule has 2 aliphatic heterocycles. The summed E-state index contributed by atoms with van der Waals surface area (Å²) < 4.78 is 0. The number of rotatable bonds is 3. The molecule has 120 valence electrons. The fourth-order valence-electron chi connectivity index (χ4n) is 2.99. The van der Waals surface area contributed by atoms with Crippen molar-refractivity contribution in [2.75, 3.05) is 32.9 Å². The molecule has 7 nitrogen and oxygen atoms in total.